The van der Waals surface area contributed by atoms with Gasteiger partial charge in [0.15, 0.2) is 9.84 Å². The van der Waals surface area contributed by atoms with Crippen LogP contribution < -0.4 is 9.80 Å². The first-order valence-corrected chi connectivity index (χ1v) is 13.2. The normalized spacial score (nSPS) is 18.9. The molecule has 0 saturated carbocycles. The molecule has 2 amide bonds. The maximum absolute atomic E-state index is 13.4. The number of carbonyl (C=O) groups is 2. The van der Waals surface area contributed by atoms with Crippen LogP contribution in [0.4, 0.5) is 16.3 Å². The van der Waals surface area contributed by atoms with E-state index in [9.17, 15) is 18.0 Å². The van der Waals surface area contributed by atoms with Gasteiger partial charge in [0.1, 0.15) is 12.4 Å². The van der Waals surface area contributed by atoms with Crippen LogP contribution in [0.3, 0.4) is 0 Å². The molecule has 182 valence electrons. The minimum absolute atomic E-state index is 0.0870. The SMILES string of the molecule is Cc1cc(C)c(N2CCN(C(=O)c3ccc(N4C(=O)OC[C@H]4C)cc3S(C)(=O)=O)CC2)nc1C. The van der Waals surface area contributed by atoms with Crippen LogP contribution in [0, 0.1) is 20.8 Å². The third kappa shape index (κ3) is 4.46. The molecule has 0 bridgehead atoms. The van der Waals surface area contributed by atoms with E-state index in [2.05, 4.69) is 11.0 Å². The molecule has 2 saturated heterocycles. The van der Waals surface area contributed by atoms with Crippen molar-refractivity contribution >= 4 is 33.3 Å². The minimum atomic E-state index is -3.72. The summed E-state index contributed by atoms with van der Waals surface area (Å²) in [6.07, 6.45) is 0.540. The Morgan fingerprint density at radius 3 is 2.32 bits per heavy atom. The molecule has 34 heavy (non-hydrogen) atoms. The fourth-order valence-electron chi connectivity index (χ4n) is 4.46. The second kappa shape index (κ2) is 8.90. The van der Waals surface area contributed by atoms with Gasteiger partial charge in [0.2, 0.25) is 0 Å². The molecule has 2 aromatic rings. The molecule has 0 radical (unpaired) electrons. The molecule has 2 aliphatic rings. The highest BCUT2D eigenvalue weighted by atomic mass is 32.2. The first-order valence-electron chi connectivity index (χ1n) is 11.3. The first kappa shape index (κ1) is 24.0. The van der Waals surface area contributed by atoms with E-state index in [0.29, 0.717) is 31.9 Å². The quantitative estimate of drug-likeness (QED) is 0.655. The van der Waals surface area contributed by atoms with Gasteiger partial charge in [-0.25, -0.2) is 18.2 Å². The summed E-state index contributed by atoms with van der Waals surface area (Å²) >= 11 is 0. The zero-order valence-corrected chi connectivity index (χ0v) is 21.0. The summed E-state index contributed by atoms with van der Waals surface area (Å²) in [6.45, 7) is 10.2. The Kier molecular flexibility index (Phi) is 6.28. The maximum Gasteiger partial charge on any atom is 0.414 e. The maximum atomic E-state index is 13.4. The molecular weight excluding hydrogens is 456 g/mol. The van der Waals surface area contributed by atoms with E-state index in [4.69, 9.17) is 9.72 Å². The van der Waals surface area contributed by atoms with Crippen LogP contribution in [0.5, 0.6) is 0 Å². The number of hydrogen-bond donors (Lipinski definition) is 0. The number of benzene rings is 1. The Balaban J connectivity index is 1.56. The number of piperazine rings is 1. The largest absolute Gasteiger partial charge is 0.447 e. The lowest BCUT2D eigenvalue weighted by Crippen LogP contribution is -2.49. The highest BCUT2D eigenvalue weighted by Gasteiger charge is 2.33. The molecule has 0 N–H and O–H groups in total. The summed E-state index contributed by atoms with van der Waals surface area (Å²) in [6, 6.07) is 6.38. The molecular formula is C24H30N4O5S. The van der Waals surface area contributed by atoms with E-state index >= 15 is 0 Å². The van der Waals surface area contributed by atoms with Crippen molar-refractivity contribution in [2.75, 3.05) is 48.8 Å². The molecule has 10 heteroatoms. The van der Waals surface area contributed by atoms with E-state index in [0.717, 1.165) is 28.9 Å². The van der Waals surface area contributed by atoms with Crippen molar-refractivity contribution in [2.24, 2.45) is 0 Å². The van der Waals surface area contributed by atoms with Crippen LogP contribution in [0.25, 0.3) is 0 Å². The number of sulfone groups is 1. The molecule has 2 aliphatic heterocycles. The van der Waals surface area contributed by atoms with Crippen LogP contribution in [0.15, 0.2) is 29.2 Å². The average molecular weight is 487 g/mol. The van der Waals surface area contributed by atoms with Crippen molar-refractivity contribution in [3.8, 4) is 0 Å². The van der Waals surface area contributed by atoms with Gasteiger partial charge in [0, 0.05) is 43.8 Å². The van der Waals surface area contributed by atoms with Crippen molar-refractivity contribution < 1.29 is 22.7 Å². The summed E-state index contributed by atoms with van der Waals surface area (Å²) in [5.41, 5.74) is 3.72. The van der Waals surface area contributed by atoms with Crippen LogP contribution >= 0.6 is 0 Å². The fourth-order valence-corrected chi connectivity index (χ4v) is 5.35. The standard InChI is InChI=1S/C24H30N4O5S/c1-15-12-16(2)22(25-18(15)4)26-8-10-27(11-9-26)23(29)20-7-6-19(13-21(20)34(5,31)32)28-17(3)14-33-24(28)30/h6-7,12-13,17H,8-11,14H2,1-5H3/t17-/m1/s1. The van der Waals surface area contributed by atoms with Gasteiger partial charge in [0.25, 0.3) is 5.91 Å². The summed E-state index contributed by atoms with van der Waals surface area (Å²) in [5, 5.41) is 0. The van der Waals surface area contributed by atoms with Crippen molar-refractivity contribution in [1.82, 2.24) is 9.88 Å². The molecule has 2 fully saturated rings. The lowest BCUT2D eigenvalue weighted by molar-refractivity contribution is 0.0742. The van der Waals surface area contributed by atoms with Crippen molar-refractivity contribution in [1.29, 1.82) is 0 Å². The number of nitrogens with zero attached hydrogens (tertiary/aromatic N) is 4. The number of aromatic nitrogens is 1. The predicted octanol–water partition coefficient (Wildman–Crippen LogP) is 2.72. The lowest BCUT2D eigenvalue weighted by Gasteiger charge is -2.36. The van der Waals surface area contributed by atoms with Crippen LogP contribution in [0.1, 0.15) is 34.1 Å². The number of hydrogen-bond acceptors (Lipinski definition) is 7. The molecule has 3 heterocycles. The number of rotatable bonds is 4. The molecule has 1 aromatic heterocycles. The molecule has 9 nitrogen and oxygen atoms in total. The zero-order chi connectivity index (χ0) is 24.8. The number of amides is 2. The van der Waals surface area contributed by atoms with E-state index in [1.807, 2.05) is 27.7 Å². The number of carbonyl (C=O) groups excluding carboxylic acids is 2. The van der Waals surface area contributed by atoms with Crippen LogP contribution in [-0.4, -0.2) is 75.4 Å². The summed E-state index contributed by atoms with van der Waals surface area (Å²) in [5.74, 6) is 0.580. The number of aryl methyl sites for hydroxylation is 3. The van der Waals surface area contributed by atoms with E-state index in [1.54, 1.807) is 11.0 Å². The third-order valence-corrected chi connectivity index (χ3v) is 7.59. The monoisotopic (exact) mass is 486 g/mol. The molecule has 0 unspecified atom stereocenters. The third-order valence-electron chi connectivity index (χ3n) is 6.46. The summed E-state index contributed by atoms with van der Waals surface area (Å²) in [7, 11) is -3.72. The van der Waals surface area contributed by atoms with Gasteiger partial charge in [-0.2, -0.15) is 0 Å². The lowest BCUT2D eigenvalue weighted by atomic mass is 10.1. The van der Waals surface area contributed by atoms with Crippen LogP contribution in [-0.2, 0) is 14.6 Å². The number of ether oxygens (including phenoxy) is 1. The molecule has 0 aliphatic carbocycles. The molecule has 1 atom stereocenters. The Morgan fingerprint density at radius 1 is 1.06 bits per heavy atom. The summed E-state index contributed by atoms with van der Waals surface area (Å²) in [4.78, 5) is 35.3. The van der Waals surface area contributed by atoms with Gasteiger partial charge in [-0.15, -0.1) is 0 Å². The number of anilines is 2. The Morgan fingerprint density at radius 2 is 1.74 bits per heavy atom. The summed E-state index contributed by atoms with van der Waals surface area (Å²) < 4.78 is 30.2. The second-order valence-corrected chi connectivity index (χ2v) is 11.0. The van der Waals surface area contributed by atoms with Gasteiger partial charge in [-0.05, 0) is 57.0 Å². The van der Waals surface area contributed by atoms with Crippen molar-refractivity contribution in [3.63, 3.8) is 0 Å². The number of pyridine rings is 1. The van der Waals surface area contributed by atoms with E-state index in [-0.39, 0.29) is 29.0 Å². The van der Waals surface area contributed by atoms with Crippen LogP contribution in [0.2, 0.25) is 0 Å². The fraction of sp³-hybridized carbons (Fsp3) is 0.458. The minimum Gasteiger partial charge on any atom is -0.447 e. The van der Waals surface area contributed by atoms with Gasteiger partial charge in [-0.1, -0.05) is 6.07 Å². The van der Waals surface area contributed by atoms with Gasteiger partial charge >= 0.3 is 6.09 Å². The topological polar surface area (TPSA) is 100 Å². The average Bonchev–Trinajstić information content (AvgIpc) is 3.13. The Labute approximate surface area is 200 Å². The first-order chi connectivity index (χ1) is 16.0. The highest BCUT2D eigenvalue weighted by molar-refractivity contribution is 7.90. The molecule has 0 spiro atoms. The highest BCUT2D eigenvalue weighted by Crippen LogP contribution is 2.29. The van der Waals surface area contributed by atoms with Gasteiger partial charge in [0.05, 0.1) is 16.5 Å². The van der Waals surface area contributed by atoms with E-state index in [1.165, 1.54) is 17.0 Å². The zero-order valence-electron chi connectivity index (χ0n) is 20.2. The van der Waals surface area contributed by atoms with Crippen molar-refractivity contribution in [2.45, 2.75) is 38.6 Å². The van der Waals surface area contributed by atoms with Crippen molar-refractivity contribution in [3.05, 3.63) is 46.6 Å². The Hall–Kier alpha value is -3.14. The molecule has 1 aromatic carbocycles. The van der Waals surface area contributed by atoms with E-state index < -0.39 is 15.9 Å². The molecule has 4 rings (SSSR count). The van der Waals surface area contributed by atoms with Gasteiger partial charge in [-0.3, -0.25) is 9.69 Å². The number of cyclic esters (lactones) is 1. The second-order valence-electron chi connectivity index (χ2n) is 9.06. The smallest absolute Gasteiger partial charge is 0.414 e. The predicted molar refractivity (Wildman–Crippen MR) is 129 cm³/mol. The Bertz CT molecular complexity index is 1250. The van der Waals surface area contributed by atoms with Gasteiger partial charge < -0.3 is 14.5 Å².